The molecule has 0 bridgehead atoms. The van der Waals surface area contributed by atoms with Crippen LogP contribution in [0, 0.1) is 5.92 Å². The van der Waals surface area contributed by atoms with Crippen LogP contribution in [0.5, 0.6) is 0 Å². The first kappa shape index (κ1) is 11.3. The van der Waals surface area contributed by atoms with E-state index in [9.17, 15) is 4.79 Å². The van der Waals surface area contributed by atoms with Crippen molar-refractivity contribution in [1.29, 1.82) is 0 Å². The Morgan fingerprint density at radius 2 is 1.94 bits per heavy atom. The zero-order valence-electron chi connectivity index (χ0n) is 10.6. The van der Waals surface area contributed by atoms with Crippen LogP contribution in [0.3, 0.4) is 0 Å². The quantitative estimate of drug-likeness (QED) is 0.784. The Morgan fingerprint density at radius 1 is 1.22 bits per heavy atom. The van der Waals surface area contributed by atoms with Gasteiger partial charge in [-0.3, -0.25) is 10.1 Å². The first-order valence-corrected chi connectivity index (χ1v) is 6.23. The number of rotatable bonds is 1. The number of carbonyl (C=O) groups excluding carboxylic acids is 1. The standard InChI is InChI=1S/C14H17N3O/c1-9-10(2)17(11-6-4-3-5-7-11)13-12(9)14(18)16-8-15-13/h3-7,12-13,15H,8H2,1-2H3,(H,16,18). The van der Waals surface area contributed by atoms with Gasteiger partial charge in [0.1, 0.15) is 6.17 Å². The van der Waals surface area contributed by atoms with E-state index in [2.05, 4.69) is 34.6 Å². The Kier molecular flexibility index (Phi) is 2.59. The Labute approximate surface area is 107 Å². The molecule has 0 spiro atoms. The topological polar surface area (TPSA) is 44.4 Å². The number of hydrogen-bond acceptors (Lipinski definition) is 3. The van der Waals surface area contributed by atoms with Crippen LogP contribution in [0.1, 0.15) is 13.8 Å². The van der Waals surface area contributed by atoms with Gasteiger partial charge in [0, 0.05) is 11.4 Å². The van der Waals surface area contributed by atoms with Crippen molar-refractivity contribution in [2.75, 3.05) is 11.6 Å². The van der Waals surface area contributed by atoms with Crippen LogP contribution in [0.25, 0.3) is 0 Å². The predicted octanol–water partition coefficient (Wildman–Crippen LogP) is 1.42. The van der Waals surface area contributed by atoms with Crippen molar-refractivity contribution in [3.05, 3.63) is 41.6 Å². The molecule has 1 fully saturated rings. The second-order valence-electron chi connectivity index (χ2n) is 4.82. The summed E-state index contributed by atoms with van der Waals surface area (Å²) < 4.78 is 0. The molecular weight excluding hydrogens is 226 g/mol. The van der Waals surface area contributed by atoms with Crippen molar-refractivity contribution in [2.24, 2.45) is 5.92 Å². The number of carbonyl (C=O) groups is 1. The molecule has 4 heteroatoms. The predicted molar refractivity (Wildman–Crippen MR) is 70.7 cm³/mol. The summed E-state index contributed by atoms with van der Waals surface area (Å²) in [4.78, 5) is 14.2. The third-order valence-corrected chi connectivity index (χ3v) is 3.88. The van der Waals surface area contributed by atoms with Crippen LogP contribution >= 0.6 is 0 Å². The SMILES string of the molecule is CC1=C(C)N(c2ccccc2)C2NCNC(=O)C12. The molecule has 0 radical (unpaired) electrons. The molecule has 0 aliphatic carbocycles. The molecule has 2 N–H and O–H groups in total. The highest BCUT2D eigenvalue weighted by Gasteiger charge is 2.43. The fourth-order valence-electron chi connectivity index (χ4n) is 2.85. The minimum absolute atomic E-state index is 0.0427. The molecule has 2 aliphatic rings. The Morgan fingerprint density at radius 3 is 2.67 bits per heavy atom. The maximum Gasteiger partial charge on any atom is 0.231 e. The van der Waals surface area contributed by atoms with E-state index in [1.54, 1.807) is 0 Å². The van der Waals surface area contributed by atoms with Crippen molar-refractivity contribution in [3.63, 3.8) is 0 Å². The van der Waals surface area contributed by atoms with Crippen molar-refractivity contribution in [3.8, 4) is 0 Å². The van der Waals surface area contributed by atoms with E-state index < -0.39 is 0 Å². The zero-order chi connectivity index (χ0) is 12.7. The fraction of sp³-hybridized carbons (Fsp3) is 0.357. The molecule has 1 aromatic carbocycles. The van der Waals surface area contributed by atoms with E-state index in [1.807, 2.05) is 25.1 Å². The number of fused-ring (bicyclic) bond motifs is 1. The highest BCUT2D eigenvalue weighted by Crippen LogP contribution is 2.37. The molecule has 4 nitrogen and oxygen atoms in total. The molecule has 2 heterocycles. The fourth-order valence-corrected chi connectivity index (χ4v) is 2.85. The van der Waals surface area contributed by atoms with Gasteiger partial charge in [-0.15, -0.1) is 0 Å². The molecular formula is C14H17N3O. The van der Waals surface area contributed by atoms with Crippen molar-refractivity contribution >= 4 is 11.6 Å². The number of nitrogens with one attached hydrogen (secondary N) is 2. The lowest BCUT2D eigenvalue weighted by atomic mass is 9.97. The van der Waals surface area contributed by atoms with Crippen LogP contribution < -0.4 is 15.5 Å². The summed E-state index contributed by atoms with van der Waals surface area (Å²) in [5, 5.41) is 6.24. The first-order valence-electron chi connectivity index (χ1n) is 6.23. The number of allylic oxidation sites excluding steroid dienone is 1. The van der Waals surface area contributed by atoms with E-state index >= 15 is 0 Å². The van der Waals surface area contributed by atoms with Gasteiger partial charge < -0.3 is 10.2 Å². The molecule has 94 valence electrons. The lowest BCUT2D eigenvalue weighted by Gasteiger charge is -2.35. The van der Waals surface area contributed by atoms with Gasteiger partial charge in [0.2, 0.25) is 5.91 Å². The summed E-state index contributed by atoms with van der Waals surface area (Å²) in [5.41, 5.74) is 3.44. The maximum absolute atomic E-state index is 12.0. The molecule has 18 heavy (non-hydrogen) atoms. The molecule has 1 aromatic rings. The molecule has 2 atom stereocenters. The molecule has 2 aliphatic heterocycles. The van der Waals surface area contributed by atoms with E-state index in [4.69, 9.17) is 0 Å². The second kappa shape index (κ2) is 4.14. The zero-order valence-corrected chi connectivity index (χ0v) is 10.6. The van der Waals surface area contributed by atoms with Crippen LogP contribution in [-0.2, 0) is 4.79 Å². The van der Waals surface area contributed by atoms with Gasteiger partial charge in [-0.2, -0.15) is 0 Å². The summed E-state index contributed by atoms with van der Waals surface area (Å²) in [7, 11) is 0. The van der Waals surface area contributed by atoms with Crippen LogP contribution in [0.2, 0.25) is 0 Å². The number of para-hydroxylation sites is 1. The number of anilines is 1. The minimum Gasteiger partial charge on any atom is -0.343 e. The highest BCUT2D eigenvalue weighted by molar-refractivity contribution is 5.85. The van der Waals surface area contributed by atoms with E-state index in [-0.39, 0.29) is 18.0 Å². The summed E-state index contributed by atoms with van der Waals surface area (Å²) >= 11 is 0. The smallest absolute Gasteiger partial charge is 0.231 e. The first-order chi connectivity index (χ1) is 8.70. The third kappa shape index (κ3) is 1.53. The third-order valence-electron chi connectivity index (χ3n) is 3.88. The molecule has 1 saturated heterocycles. The van der Waals surface area contributed by atoms with Gasteiger partial charge in [-0.1, -0.05) is 18.2 Å². The van der Waals surface area contributed by atoms with Gasteiger partial charge >= 0.3 is 0 Å². The lowest BCUT2D eigenvalue weighted by Crippen LogP contribution is -2.58. The molecule has 3 rings (SSSR count). The van der Waals surface area contributed by atoms with Crippen molar-refractivity contribution in [2.45, 2.75) is 20.0 Å². The van der Waals surface area contributed by atoms with E-state index in [0.29, 0.717) is 6.67 Å². The summed E-state index contributed by atoms with van der Waals surface area (Å²) in [5.74, 6) is 0.0352. The van der Waals surface area contributed by atoms with Crippen LogP contribution in [0.4, 0.5) is 5.69 Å². The average Bonchev–Trinajstić information content (AvgIpc) is 2.64. The average molecular weight is 243 g/mol. The number of hydrogen-bond donors (Lipinski definition) is 2. The van der Waals surface area contributed by atoms with E-state index in [0.717, 1.165) is 11.3 Å². The molecule has 2 unspecified atom stereocenters. The number of benzene rings is 1. The van der Waals surface area contributed by atoms with Gasteiger partial charge in [0.15, 0.2) is 0 Å². The maximum atomic E-state index is 12.0. The Hall–Kier alpha value is -1.81. The van der Waals surface area contributed by atoms with Gasteiger partial charge in [0.25, 0.3) is 0 Å². The highest BCUT2D eigenvalue weighted by atomic mass is 16.2. The lowest BCUT2D eigenvalue weighted by molar-refractivity contribution is -0.126. The summed E-state index contributed by atoms with van der Waals surface area (Å²) in [6.07, 6.45) is 0.0427. The van der Waals surface area contributed by atoms with Crippen LogP contribution in [0.15, 0.2) is 41.6 Å². The Balaban J connectivity index is 2.03. The van der Waals surface area contributed by atoms with Crippen molar-refractivity contribution in [1.82, 2.24) is 10.6 Å². The largest absolute Gasteiger partial charge is 0.343 e. The number of nitrogens with zero attached hydrogens (tertiary/aromatic N) is 1. The second-order valence-corrected chi connectivity index (χ2v) is 4.82. The summed E-state index contributed by atoms with van der Waals surface area (Å²) in [6, 6.07) is 10.2. The van der Waals surface area contributed by atoms with Crippen molar-refractivity contribution < 1.29 is 4.79 Å². The molecule has 0 aromatic heterocycles. The molecule has 0 saturated carbocycles. The Bertz CT molecular complexity index is 509. The van der Waals surface area contributed by atoms with Gasteiger partial charge in [0.05, 0.1) is 12.6 Å². The number of amides is 1. The van der Waals surface area contributed by atoms with E-state index in [1.165, 1.54) is 5.70 Å². The van der Waals surface area contributed by atoms with Gasteiger partial charge in [-0.25, -0.2) is 0 Å². The molecule has 1 amide bonds. The van der Waals surface area contributed by atoms with Gasteiger partial charge in [-0.05, 0) is 31.6 Å². The minimum atomic E-state index is -0.0843. The normalized spacial score (nSPS) is 27.2. The van der Waals surface area contributed by atoms with Crippen LogP contribution in [-0.4, -0.2) is 18.7 Å². The summed E-state index contributed by atoms with van der Waals surface area (Å²) in [6.45, 7) is 4.65. The monoisotopic (exact) mass is 243 g/mol.